The Morgan fingerprint density at radius 1 is 0.394 bits per heavy atom. The Morgan fingerprint density at radius 2 is 0.901 bits per heavy atom. The standard InChI is InChI=1S/C66H53N5/c1-42-41-65(2,3)61-51(32-19-33-56(61)66(42,4)5)48-27-16-25-46(36-48)47-26-18-29-50(38-47)70-57-34-14-12-30-52(57)54-39-55-53-31-13-15-35-58(53)71(60(55)40-59(54)70)64-68-62(44-22-10-7-11-23-44)67-63(69-64)49-28-17-24-45(37-49)43-20-8-6-9-21-43/h6-40,42H,41H2,1-5H3. The molecule has 5 heteroatoms. The second-order valence-corrected chi connectivity index (χ2v) is 20.8. The fraction of sp³-hybridized carbons (Fsp3) is 0.136. The molecule has 1 aliphatic rings. The van der Waals surface area contributed by atoms with Crippen molar-refractivity contribution in [3.8, 4) is 67.8 Å². The first-order valence-corrected chi connectivity index (χ1v) is 24.9. The quantitative estimate of drug-likeness (QED) is 0.160. The van der Waals surface area contributed by atoms with Crippen molar-refractivity contribution in [1.29, 1.82) is 0 Å². The Hall–Kier alpha value is -8.41. The van der Waals surface area contributed by atoms with Crippen LogP contribution < -0.4 is 0 Å². The molecule has 0 N–H and O–H groups in total. The Labute approximate surface area is 414 Å². The topological polar surface area (TPSA) is 48.5 Å². The number of para-hydroxylation sites is 2. The van der Waals surface area contributed by atoms with Gasteiger partial charge in [0.05, 0.1) is 22.1 Å². The van der Waals surface area contributed by atoms with Gasteiger partial charge in [0, 0.05) is 38.4 Å². The molecule has 0 spiro atoms. The van der Waals surface area contributed by atoms with E-state index in [4.69, 9.17) is 15.0 Å². The van der Waals surface area contributed by atoms with Gasteiger partial charge in [0.1, 0.15) is 0 Å². The maximum absolute atomic E-state index is 5.36. The summed E-state index contributed by atoms with van der Waals surface area (Å²) < 4.78 is 4.67. The van der Waals surface area contributed by atoms with E-state index < -0.39 is 0 Å². The van der Waals surface area contributed by atoms with Crippen molar-refractivity contribution in [2.45, 2.75) is 51.9 Å². The monoisotopic (exact) mass is 915 g/mol. The summed E-state index contributed by atoms with van der Waals surface area (Å²) in [6.45, 7) is 12.1. The van der Waals surface area contributed by atoms with Crippen molar-refractivity contribution in [3.63, 3.8) is 0 Å². The van der Waals surface area contributed by atoms with E-state index in [1.165, 1.54) is 44.2 Å². The SMILES string of the molecule is CC1CC(C)(C)c2c(-c3cccc(-c4cccc(-n5c6ccccc6c6cc7c8ccccc8n(-c8nc(-c9ccccc9)nc(-c9cccc(-c%10ccccc%10)c9)n8)c7cc65)c4)c3)cccc2C1(C)C. The van der Waals surface area contributed by atoms with Gasteiger partial charge in [0.2, 0.25) is 5.95 Å². The van der Waals surface area contributed by atoms with Crippen LogP contribution in [0.25, 0.3) is 111 Å². The largest absolute Gasteiger partial charge is 0.309 e. The lowest BCUT2D eigenvalue weighted by molar-refractivity contribution is 0.234. The highest BCUT2D eigenvalue weighted by atomic mass is 15.2. The number of aromatic nitrogens is 5. The summed E-state index contributed by atoms with van der Waals surface area (Å²) >= 11 is 0. The van der Waals surface area contributed by atoms with Crippen LogP contribution in [0, 0.1) is 5.92 Å². The smallest absolute Gasteiger partial charge is 0.238 e. The maximum Gasteiger partial charge on any atom is 0.238 e. The molecule has 0 saturated carbocycles. The average Bonchev–Trinajstić information content (AvgIpc) is 3.92. The van der Waals surface area contributed by atoms with Gasteiger partial charge in [-0.1, -0.05) is 198 Å². The minimum Gasteiger partial charge on any atom is -0.309 e. The molecule has 0 fully saturated rings. The molecule has 1 unspecified atom stereocenters. The summed E-state index contributed by atoms with van der Waals surface area (Å²) in [5.74, 6) is 2.39. The van der Waals surface area contributed by atoms with E-state index in [0.29, 0.717) is 23.5 Å². The lowest BCUT2D eigenvalue weighted by atomic mass is 9.57. The van der Waals surface area contributed by atoms with Crippen molar-refractivity contribution >= 4 is 43.6 Å². The van der Waals surface area contributed by atoms with Crippen LogP contribution in [-0.2, 0) is 10.8 Å². The van der Waals surface area contributed by atoms with Crippen molar-refractivity contribution in [1.82, 2.24) is 24.1 Å². The highest BCUT2D eigenvalue weighted by Gasteiger charge is 2.43. The minimum atomic E-state index is 0.0644. The molecule has 71 heavy (non-hydrogen) atoms. The molecule has 0 radical (unpaired) electrons. The molecule has 13 rings (SSSR count). The normalized spacial score (nSPS) is 15.1. The van der Waals surface area contributed by atoms with Crippen molar-refractivity contribution in [2.24, 2.45) is 5.92 Å². The van der Waals surface area contributed by atoms with E-state index in [1.54, 1.807) is 0 Å². The van der Waals surface area contributed by atoms with E-state index >= 15 is 0 Å². The highest BCUT2D eigenvalue weighted by Crippen LogP contribution is 2.52. The molecule has 0 amide bonds. The first kappa shape index (κ1) is 42.7. The molecule has 342 valence electrons. The van der Waals surface area contributed by atoms with Crippen LogP contribution in [0.4, 0.5) is 0 Å². The molecule has 0 bridgehead atoms. The molecule has 5 nitrogen and oxygen atoms in total. The highest BCUT2D eigenvalue weighted by molar-refractivity contribution is 6.19. The molecule has 9 aromatic carbocycles. The van der Waals surface area contributed by atoms with Gasteiger partial charge in [-0.15, -0.1) is 0 Å². The average molecular weight is 916 g/mol. The van der Waals surface area contributed by atoms with Gasteiger partial charge in [-0.3, -0.25) is 4.57 Å². The van der Waals surface area contributed by atoms with Gasteiger partial charge in [-0.05, 0) is 116 Å². The predicted octanol–water partition coefficient (Wildman–Crippen LogP) is 17.0. The number of rotatable bonds is 7. The maximum atomic E-state index is 5.36. The van der Waals surface area contributed by atoms with Crippen molar-refractivity contribution in [2.75, 3.05) is 0 Å². The number of benzene rings is 9. The summed E-state index contributed by atoms with van der Waals surface area (Å²) in [6, 6.07) is 76.5. The molecule has 0 aliphatic heterocycles. The third-order valence-corrected chi connectivity index (χ3v) is 15.6. The van der Waals surface area contributed by atoms with E-state index in [-0.39, 0.29) is 10.8 Å². The van der Waals surface area contributed by atoms with Crippen LogP contribution in [0.5, 0.6) is 0 Å². The van der Waals surface area contributed by atoms with Gasteiger partial charge in [0.25, 0.3) is 0 Å². The van der Waals surface area contributed by atoms with E-state index in [2.05, 4.69) is 232 Å². The number of fused-ring (bicyclic) bond motifs is 7. The first-order chi connectivity index (χ1) is 34.6. The second-order valence-electron chi connectivity index (χ2n) is 20.8. The molecule has 12 aromatic rings. The van der Waals surface area contributed by atoms with Crippen LogP contribution in [0.1, 0.15) is 52.2 Å². The van der Waals surface area contributed by atoms with Crippen molar-refractivity contribution in [3.05, 3.63) is 223 Å². The van der Waals surface area contributed by atoms with Gasteiger partial charge < -0.3 is 4.57 Å². The van der Waals surface area contributed by atoms with Crippen LogP contribution in [0.2, 0.25) is 0 Å². The minimum absolute atomic E-state index is 0.0644. The predicted molar refractivity (Wildman–Crippen MR) is 296 cm³/mol. The number of hydrogen-bond acceptors (Lipinski definition) is 3. The van der Waals surface area contributed by atoms with Gasteiger partial charge in [0.15, 0.2) is 11.6 Å². The van der Waals surface area contributed by atoms with Gasteiger partial charge in [-0.25, -0.2) is 4.98 Å². The van der Waals surface area contributed by atoms with E-state index in [0.717, 1.165) is 67.2 Å². The zero-order valence-electron chi connectivity index (χ0n) is 40.7. The van der Waals surface area contributed by atoms with Crippen molar-refractivity contribution < 1.29 is 0 Å². The summed E-state index contributed by atoms with van der Waals surface area (Å²) in [4.78, 5) is 15.8. The number of hydrogen-bond donors (Lipinski definition) is 0. The molecular weight excluding hydrogens is 863 g/mol. The Morgan fingerprint density at radius 3 is 1.61 bits per heavy atom. The Bertz CT molecular complexity index is 4040. The molecule has 1 atom stereocenters. The van der Waals surface area contributed by atoms with Crippen LogP contribution in [0.15, 0.2) is 212 Å². The Kier molecular flexibility index (Phi) is 9.83. The van der Waals surface area contributed by atoms with Crippen LogP contribution >= 0.6 is 0 Å². The zero-order chi connectivity index (χ0) is 48.0. The first-order valence-electron chi connectivity index (χ1n) is 24.9. The molecular formula is C66H53N5. The fourth-order valence-electron chi connectivity index (χ4n) is 11.8. The lowest BCUT2D eigenvalue weighted by Crippen LogP contribution is -2.40. The van der Waals surface area contributed by atoms with Gasteiger partial charge >= 0.3 is 0 Å². The zero-order valence-corrected chi connectivity index (χ0v) is 40.7. The summed E-state index contributed by atoms with van der Waals surface area (Å²) in [5.41, 5.74) is 17.6. The summed E-state index contributed by atoms with van der Waals surface area (Å²) in [6.07, 6.45) is 1.16. The fourth-order valence-corrected chi connectivity index (χ4v) is 11.8. The molecule has 0 saturated heterocycles. The van der Waals surface area contributed by atoms with Crippen LogP contribution in [0.3, 0.4) is 0 Å². The molecule has 1 aliphatic carbocycles. The summed E-state index contributed by atoms with van der Waals surface area (Å²) in [5, 5.41) is 4.67. The second kappa shape index (κ2) is 16.4. The van der Waals surface area contributed by atoms with E-state index in [1.807, 2.05) is 24.3 Å². The number of nitrogens with zero attached hydrogens (tertiary/aromatic N) is 5. The molecule has 3 aromatic heterocycles. The van der Waals surface area contributed by atoms with Crippen LogP contribution in [-0.4, -0.2) is 24.1 Å². The van der Waals surface area contributed by atoms with E-state index in [9.17, 15) is 0 Å². The third kappa shape index (κ3) is 7.01. The summed E-state index contributed by atoms with van der Waals surface area (Å²) in [7, 11) is 0. The van der Waals surface area contributed by atoms with Gasteiger partial charge in [-0.2, -0.15) is 9.97 Å². The molecule has 3 heterocycles. The Balaban J connectivity index is 0.995. The lowest BCUT2D eigenvalue weighted by Gasteiger charge is -2.47. The third-order valence-electron chi connectivity index (χ3n) is 15.6.